The average Bonchev–Trinajstić information content (AvgIpc) is 3.56. The van der Waals surface area contributed by atoms with Crippen LogP contribution in [-0.2, 0) is 34.3 Å². The van der Waals surface area contributed by atoms with Gasteiger partial charge in [0.15, 0.2) is 6.61 Å². The van der Waals surface area contributed by atoms with E-state index in [1.54, 1.807) is 12.1 Å². The van der Waals surface area contributed by atoms with Crippen LogP contribution in [0.15, 0.2) is 82.8 Å². The molecule has 3 amide bonds. The van der Waals surface area contributed by atoms with Gasteiger partial charge in [0.05, 0.1) is 11.3 Å². The Balaban J connectivity index is 1.52. The third kappa shape index (κ3) is 10.8. The highest BCUT2D eigenvalue weighted by Crippen LogP contribution is 2.47. The zero-order valence-electron chi connectivity index (χ0n) is 31.6. The Kier molecular flexibility index (Phi) is 15.5. The number of benzene rings is 1. The lowest BCUT2D eigenvalue weighted by Crippen LogP contribution is -2.36. The molecule has 15 nitrogen and oxygen atoms in total. The highest BCUT2D eigenvalue weighted by molar-refractivity contribution is 7.93. The van der Waals surface area contributed by atoms with Gasteiger partial charge in [0, 0.05) is 66.4 Å². The zero-order chi connectivity index (χ0) is 40.3. The number of hydrazone groups is 1. The standard InChI is InChI=1S/C37H48BN5O10S2/c1-36(2)26(11-9-19-54-50)21-25(35(47)41(5)52-24-34(46)53-43-32(44)16-17-33(43)45)23-39-40-30(36)12-7-6-8-13-31-37(3,4)28-22-27(38(48)49)14-15-29(28)42(31)18-10-20-55-51/h6-8,12-15,21-23,39,48-51H,9-11,16-20,24H2,1-5H3/b8-6+,12-7+,25-23?,26-21?,31-13+,40-30-. The number of hydrogen-bond donors (Lipinski definition) is 5. The first-order valence-electron chi connectivity index (χ1n) is 17.7. The van der Waals surface area contributed by atoms with Crippen LogP contribution in [0.5, 0.6) is 0 Å². The summed E-state index contributed by atoms with van der Waals surface area (Å²) in [6, 6.07) is 5.42. The van der Waals surface area contributed by atoms with Crippen molar-refractivity contribution in [2.45, 2.75) is 65.2 Å². The Morgan fingerprint density at radius 2 is 1.71 bits per heavy atom. The number of nitrogens with one attached hydrogen (secondary N) is 1. The number of nitrogens with zero attached hydrogens (tertiary/aromatic N) is 4. The Morgan fingerprint density at radius 3 is 2.38 bits per heavy atom. The fourth-order valence-corrected chi connectivity index (χ4v) is 6.91. The Labute approximate surface area is 329 Å². The Hall–Kier alpha value is -4.17. The highest BCUT2D eigenvalue weighted by atomic mass is 32.2. The first-order chi connectivity index (χ1) is 26.1. The molecule has 3 heterocycles. The maximum atomic E-state index is 13.4. The van der Waals surface area contributed by atoms with E-state index in [1.807, 2.05) is 56.4 Å². The van der Waals surface area contributed by atoms with Crippen LogP contribution in [0.2, 0.25) is 0 Å². The van der Waals surface area contributed by atoms with Gasteiger partial charge in [0.25, 0.3) is 17.7 Å². The molecule has 0 spiro atoms. The van der Waals surface area contributed by atoms with Gasteiger partial charge in [-0.1, -0.05) is 63.6 Å². The molecule has 1 saturated heterocycles. The van der Waals surface area contributed by atoms with Crippen LogP contribution in [0.4, 0.5) is 5.69 Å². The summed E-state index contributed by atoms with van der Waals surface area (Å²) in [4.78, 5) is 61.4. The van der Waals surface area contributed by atoms with Crippen LogP contribution in [-0.4, -0.2) is 97.5 Å². The highest BCUT2D eigenvalue weighted by Gasteiger charge is 2.40. The van der Waals surface area contributed by atoms with Crippen molar-refractivity contribution in [2.24, 2.45) is 10.5 Å². The SMILES string of the molecule is CN(OCC(=O)ON1C(=O)CCC1=O)C(=O)C1=CN/N=C(/C=C/C=C/C=C2/N(CCCSO)c3ccc(B(O)O)cc3C2(C)C)C(C)(C)C(CCCSO)=C1. The van der Waals surface area contributed by atoms with Gasteiger partial charge in [-0.2, -0.15) is 5.10 Å². The van der Waals surface area contributed by atoms with Gasteiger partial charge < -0.3 is 28.9 Å². The van der Waals surface area contributed by atoms with Crippen molar-refractivity contribution in [3.63, 3.8) is 0 Å². The molecule has 0 bridgehead atoms. The van der Waals surface area contributed by atoms with E-state index in [4.69, 9.17) is 9.68 Å². The number of hydrogen-bond acceptors (Lipinski definition) is 15. The van der Waals surface area contributed by atoms with Crippen molar-refractivity contribution >= 4 is 71.8 Å². The van der Waals surface area contributed by atoms with Crippen LogP contribution in [0.1, 0.15) is 65.4 Å². The lowest BCUT2D eigenvalue weighted by Gasteiger charge is -2.30. The molecule has 0 saturated carbocycles. The van der Waals surface area contributed by atoms with Crippen molar-refractivity contribution in [3.8, 4) is 0 Å². The van der Waals surface area contributed by atoms with E-state index < -0.39 is 48.2 Å². The van der Waals surface area contributed by atoms with Crippen LogP contribution in [0, 0.1) is 5.41 Å². The van der Waals surface area contributed by atoms with Crippen molar-refractivity contribution in [2.75, 3.05) is 36.6 Å². The number of amides is 3. The molecule has 1 aromatic rings. The number of anilines is 1. The summed E-state index contributed by atoms with van der Waals surface area (Å²) in [5.74, 6) is -1.84. The van der Waals surface area contributed by atoms with Crippen LogP contribution >= 0.6 is 24.1 Å². The quantitative estimate of drug-likeness (QED) is 0.0380. The molecule has 0 radical (unpaired) electrons. The van der Waals surface area contributed by atoms with Gasteiger partial charge in [-0.05, 0) is 78.7 Å². The average molecular weight is 798 g/mol. The number of imide groups is 1. The molecule has 0 aromatic heterocycles. The van der Waals surface area contributed by atoms with E-state index in [1.165, 1.54) is 13.2 Å². The number of allylic oxidation sites excluding steroid dienone is 7. The van der Waals surface area contributed by atoms with Gasteiger partial charge in [0.2, 0.25) is 0 Å². The second kappa shape index (κ2) is 19.6. The van der Waals surface area contributed by atoms with Crippen molar-refractivity contribution in [1.82, 2.24) is 15.6 Å². The number of rotatable bonds is 17. The molecule has 296 valence electrons. The maximum absolute atomic E-state index is 13.4. The number of carbonyl (C=O) groups excluding carboxylic acids is 4. The maximum Gasteiger partial charge on any atom is 0.488 e. The summed E-state index contributed by atoms with van der Waals surface area (Å²) in [7, 11) is -0.265. The lowest BCUT2D eigenvalue weighted by molar-refractivity contribution is -0.211. The molecule has 55 heavy (non-hydrogen) atoms. The number of hydroxylamine groups is 4. The van der Waals surface area contributed by atoms with E-state index in [-0.39, 0.29) is 18.4 Å². The Morgan fingerprint density at radius 1 is 1.02 bits per heavy atom. The predicted molar refractivity (Wildman–Crippen MR) is 213 cm³/mol. The van der Waals surface area contributed by atoms with E-state index >= 15 is 0 Å². The topological polar surface area (TPSA) is 202 Å². The smallest absolute Gasteiger partial charge is 0.423 e. The second-order valence-corrected chi connectivity index (χ2v) is 15.3. The third-order valence-corrected chi connectivity index (χ3v) is 10.5. The van der Waals surface area contributed by atoms with Crippen LogP contribution < -0.4 is 15.8 Å². The molecule has 18 heteroatoms. The Bertz CT molecular complexity index is 1790. The molecule has 1 fully saturated rings. The monoisotopic (exact) mass is 797 g/mol. The van der Waals surface area contributed by atoms with Crippen LogP contribution in [0.3, 0.4) is 0 Å². The van der Waals surface area contributed by atoms with E-state index in [0.29, 0.717) is 47.1 Å². The lowest BCUT2D eigenvalue weighted by atomic mass is 9.75. The molecule has 1 aromatic carbocycles. The molecule has 4 rings (SSSR count). The second-order valence-electron chi connectivity index (χ2n) is 14.0. The van der Waals surface area contributed by atoms with Gasteiger partial charge in [0.1, 0.15) is 0 Å². The fourth-order valence-electron chi connectivity index (χ4n) is 6.38. The van der Waals surface area contributed by atoms with E-state index in [9.17, 15) is 38.3 Å². The minimum atomic E-state index is -1.58. The largest absolute Gasteiger partial charge is 0.488 e. The van der Waals surface area contributed by atoms with E-state index in [0.717, 1.165) is 58.1 Å². The fraction of sp³-hybridized carbons (Fsp3) is 0.432. The van der Waals surface area contributed by atoms with Crippen molar-refractivity contribution < 1.29 is 48.0 Å². The molecular weight excluding hydrogens is 749 g/mol. The molecule has 5 N–H and O–H groups in total. The van der Waals surface area contributed by atoms with Gasteiger partial charge in [-0.25, -0.2) is 9.86 Å². The van der Waals surface area contributed by atoms with Crippen molar-refractivity contribution in [1.29, 1.82) is 0 Å². The summed E-state index contributed by atoms with van der Waals surface area (Å²) >= 11 is 1.53. The van der Waals surface area contributed by atoms with Crippen molar-refractivity contribution in [3.05, 3.63) is 83.3 Å². The van der Waals surface area contributed by atoms with E-state index in [2.05, 4.69) is 29.3 Å². The molecule has 0 unspecified atom stereocenters. The van der Waals surface area contributed by atoms with Gasteiger partial charge in [-0.15, -0.1) is 5.06 Å². The zero-order valence-corrected chi connectivity index (χ0v) is 33.2. The minimum absolute atomic E-state index is 0.0510. The summed E-state index contributed by atoms with van der Waals surface area (Å²) < 4.78 is 18.7. The molecule has 0 atom stereocenters. The third-order valence-electron chi connectivity index (χ3n) is 9.53. The van der Waals surface area contributed by atoms with Gasteiger partial charge >= 0.3 is 13.1 Å². The summed E-state index contributed by atoms with van der Waals surface area (Å²) in [6.45, 7) is 8.06. The molecular formula is C37H48BN5O10S2. The first-order valence-corrected chi connectivity index (χ1v) is 19.6. The predicted octanol–water partition coefficient (Wildman–Crippen LogP) is 3.84. The van der Waals surface area contributed by atoms with Gasteiger partial charge in [-0.3, -0.25) is 24.6 Å². The minimum Gasteiger partial charge on any atom is -0.423 e. The summed E-state index contributed by atoms with van der Waals surface area (Å²) in [6.07, 6.45) is 14.5. The molecule has 3 aliphatic heterocycles. The number of fused-ring (bicyclic) bond motifs is 1. The molecule has 3 aliphatic rings. The number of likely N-dealkylation sites (N-methyl/N-ethyl adjacent to an activating group) is 1. The first kappa shape index (κ1) is 43.6. The molecule has 0 aliphatic carbocycles. The van der Waals surface area contributed by atoms with Crippen LogP contribution in [0.25, 0.3) is 0 Å². The number of carbonyl (C=O) groups is 4. The summed E-state index contributed by atoms with van der Waals surface area (Å²) in [5.41, 5.74) is 6.80. The summed E-state index contributed by atoms with van der Waals surface area (Å²) in [5, 5.41) is 25.5. The normalized spacial score (nSPS) is 19.5.